The molecule has 0 unspecified atom stereocenters. The lowest BCUT2D eigenvalue weighted by Crippen LogP contribution is -2.52. The Bertz CT molecular complexity index is 758. The van der Waals surface area contributed by atoms with Crippen molar-refractivity contribution in [3.8, 4) is 11.5 Å². The molecule has 2 aromatic rings. The van der Waals surface area contributed by atoms with Gasteiger partial charge in [0.15, 0.2) is 5.96 Å². The summed E-state index contributed by atoms with van der Waals surface area (Å²) in [6.45, 7) is 4.28. The molecule has 0 spiro atoms. The van der Waals surface area contributed by atoms with Crippen LogP contribution in [0.2, 0.25) is 0 Å². The number of guanidine groups is 1. The van der Waals surface area contributed by atoms with Crippen molar-refractivity contribution in [2.45, 2.75) is 6.54 Å². The Morgan fingerprint density at radius 3 is 2.56 bits per heavy atom. The number of ether oxygens (including phenoxy) is 2. The predicted molar refractivity (Wildman–Crippen MR) is 108 cm³/mol. The van der Waals surface area contributed by atoms with E-state index >= 15 is 0 Å². The van der Waals surface area contributed by atoms with Gasteiger partial charge in [0.1, 0.15) is 17.3 Å². The Kier molecular flexibility index (Phi) is 6.35. The number of hydrogen-bond donors (Lipinski definition) is 1. The monoisotopic (exact) mass is 369 g/mol. The fourth-order valence-corrected chi connectivity index (χ4v) is 3.19. The quantitative estimate of drug-likeness (QED) is 0.643. The molecule has 0 atom stereocenters. The smallest absolute Gasteiger partial charge is 0.194 e. The third-order valence-corrected chi connectivity index (χ3v) is 4.70. The molecule has 1 aromatic carbocycles. The number of nitrogens with zero attached hydrogens (tertiary/aromatic N) is 4. The number of methoxy groups -OCH3 is 2. The minimum atomic E-state index is 0.639. The van der Waals surface area contributed by atoms with Gasteiger partial charge in [0.05, 0.1) is 14.2 Å². The molecule has 1 aromatic heterocycles. The molecule has 1 aliphatic heterocycles. The molecule has 27 heavy (non-hydrogen) atoms. The van der Waals surface area contributed by atoms with Crippen LogP contribution in [0, 0.1) is 0 Å². The lowest BCUT2D eigenvalue weighted by molar-refractivity contribution is 0.369. The number of aliphatic imine (C=N–C) groups is 1. The van der Waals surface area contributed by atoms with Crippen LogP contribution in [0.25, 0.3) is 0 Å². The van der Waals surface area contributed by atoms with E-state index in [-0.39, 0.29) is 0 Å². The fraction of sp³-hybridized carbons (Fsp3) is 0.400. The minimum Gasteiger partial charge on any atom is -0.497 e. The van der Waals surface area contributed by atoms with Gasteiger partial charge in [-0.15, -0.1) is 0 Å². The third kappa shape index (κ3) is 4.61. The molecule has 0 amide bonds. The molecule has 2 heterocycles. The van der Waals surface area contributed by atoms with Crippen LogP contribution in [0.5, 0.6) is 11.5 Å². The summed E-state index contributed by atoms with van der Waals surface area (Å²) in [4.78, 5) is 13.5. The number of hydrogen-bond acceptors (Lipinski definition) is 5. The summed E-state index contributed by atoms with van der Waals surface area (Å²) in [5, 5.41) is 3.44. The molecule has 1 fully saturated rings. The summed E-state index contributed by atoms with van der Waals surface area (Å²) in [5.41, 5.74) is 1.06. The van der Waals surface area contributed by atoms with Gasteiger partial charge in [-0.05, 0) is 24.3 Å². The average Bonchev–Trinajstić information content (AvgIpc) is 2.75. The second-order valence-corrected chi connectivity index (χ2v) is 6.24. The predicted octanol–water partition coefficient (Wildman–Crippen LogP) is 2.00. The van der Waals surface area contributed by atoms with E-state index in [4.69, 9.17) is 9.47 Å². The third-order valence-electron chi connectivity index (χ3n) is 4.70. The molecule has 0 bridgehead atoms. The number of rotatable bonds is 5. The molecule has 7 heteroatoms. The SMILES string of the molecule is CN=C(NCc1ccc(OC)cc1OC)N1CCN(c2ccccn2)CC1. The molecule has 7 nitrogen and oxygen atoms in total. The zero-order chi connectivity index (χ0) is 19.1. The zero-order valence-corrected chi connectivity index (χ0v) is 16.2. The normalized spacial score (nSPS) is 14.9. The van der Waals surface area contributed by atoms with Gasteiger partial charge in [-0.3, -0.25) is 4.99 Å². The second-order valence-electron chi connectivity index (χ2n) is 6.24. The molecular formula is C20H27N5O2. The Morgan fingerprint density at radius 2 is 1.93 bits per heavy atom. The summed E-state index contributed by atoms with van der Waals surface area (Å²) >= 11 is 0. The summed E-state index contributed by atoms with van der Waals surface area (Å²) in [5.74, 6) is 3.51. The number of benzene rings is 1. The maximum Gasteiger partial charge on any atom is 0.194 e. The first-order valence-corrected chi connectivity index (χ1v) is 9.07. The summed E-state index contributed by atoms with van der Waals surface area (Å²) in [7, 11) is 5.14. The van der Waals surface area contributed by atoms with E-state index in [1.807, 2.05) is 43.6 Å². The van der Waals surface area contributed by atoms with Crippen molar-refractivity contribution in [1.29, 1.82) is 0 Å². The number of anilines is 1. The van der Waals surface area contributed by atoms with Crippen LogP contribution >= 0.6 is 0 Å². The molecule has 1 aliphatic rings. The minimum absolute atomic E-state index is 0.639. The van der Waals surface area contributed by atoms with Crippen molar-refractivity contribution in [1.82, 2.24) is 15.2 Å². The Morgan fingerprint density at radius 1 is 1.11 bits per heavy atom. The maximum absolute atomic E-state index is 5.48. The molecule has 3 rings (SSSR count). The van der Waals surface area contributed by atoms with Gasteiger partial charge in [0.2, 0.25) is 0 Å². The number of aromatic nitrogens is 1. The molecular weight excluding hydrogens is 342 g/mol. The van der Waals surface area contributed by atoms with Crippen LogP contribution in [0.15, 0.2) is 47.6 Å². The van der Waals surface area contributed by atoms with Gasteiger partial charge in [-0.1, -0.05) is 6.07 Å². The Balaban J connectivity index is 1.57. The van der Waals surface area contributed by atoms with E-state index in [0.29, 0.717) is 6.54 Å². The van der Waals surface area contributed by atoms with Crippen molar-refractivity contribution in [2.24, 2.45) is 4.99 Å². The molecule has 0 radical (unpaired) electrons. The second kappa shape index (κ2) is 9.12. The zero-order valence-electron chi connectivity index (χ0n) is 16.2. The molecule has 1 saturated heterocycles. The van der Waals surface area contributed by atoms with Crippen LogP contribution in [0.3, 0.4) is 0 Å². The van der Waals surface area contributed by atoms with Gasteiger partial charge >= 0.3 is 0 Å². The first-order valence-electron chi connectivity index (χ1n) is 9.07. The van der Waals surface area contributed by atoms with Crippen LogP contribution in [-0.2, 0) is 6.54 Å². The van der Waals surface area contributed by atoms with Crippen LogP contribution in [0.4, 0.5) is 5.82 Å². The van der Waals surface area contributed by atoms with Crippen molar-refractivity contribution >= 4 is 11.8 Å². The van der Waals surface area contributed by atoms with E-state index in [1.165, 1.54) is 0 Å². The largest absolute Gasteiger partial charge is 0.497 e. The maximum atomic E-state index is 5.48. The first kappa shape index (κ1) is 18.8. The van der Waals surface area contributed by atoms with E-state index in [2.05, 4.69) is 31.2 Å². The highest BCUT2D eigenvalue weighted by Gasteiger charge is 2.20. The molecule has 0 aliphatic carbocycles. The van der Waals surface area contributed by atoms with Crippen LogP contribution < -0.4 is 19.7 Å². The van der Waals surface area contributed by atoms with Crippen molar-refractivity contribution < 1.29 is 9.47 Å². The molecule has 1 N–H and O–H groups in total. The van der Waals surface area contributed by atoms with Crippen molar-refractivity contribution in [3.63, 3.8) is 0 Å². The highest BCUT2D eigenvalue weighted by Crippen LogP contribution is 2.24. The first-order chi connectivity index (χ1) is 13.2. The lowest BCUT2D eigenvalue weighted by Gasteiger charge is -2.37. The number of piperazine rings is 1. The van der Waals surface area contributed by atoms with Crippen molar-refractivity contribution in [2.75, 3.05) is 52.3 Å². The summed E-state index contributed by atoms with van der Waals surface area (Å²) in [6.07, 6.45) is 1.84. The van der Waals surface area contributed by atoms with Crippen LogP contribution in [0.1, 0.15) is 5.56 Å². The molecule has 144 valence electrons. The summed E-state index contributed by atoms with van der Waals surface area (Å²) in [6, 6.07) is 11.9. The van der Waals surface area contributed by atoms with Crippen molar-refractivity contribution in [3.05, 3.63) is 48.2 Å². The highest BCUT2D eigenvalue weighted by atomic mass is 16.5. The lowest BCUT2D eigenvalue weighted by atomic mass is 10.2. The average molecular weight is 369 g/mol. The number of nitrogens with one attached hydrogen (secondary N) is 1. The fourth-order valence-electron chi connectivity index (χ4n) is 3.19. The van der Waals surface area contributed by atoms with Gasteiger partial charge in [0, 0.05) is 57.6 Å². The van der Waals surface area contributed by atoms with E-state index in [1.54, 1.807) is 14.2 Å². The summed E-state index contributed by atoms with van der Waals surface area (Å²) < 4.78 is 10.7. The molecule has 0 saturated carbocycles. The Labute approximate surface area is 160 Å². The van der Waals surface area contributed by atoms with Gasteiger partial charge in [-0.2, -0.15) is 0 Å². The van der Waals surface area contributed by atoms with Crippen LogP contribution in [-0.4, -0.2) is 63.3 Å². The number of pyridine rings is 1. The van der Waals surface area contributed by atoms with Gasteiger partial charge in [0.25, 0.3) is 0 Å². The van der Waals surface area contributed by atoms with E-state index < -0.39 is 0 Å². The van der Waals surface area contributed by atoms with E-state index in [9.17, 15) is 0 Å². The van der Waals surface area contributed by atoms with E-state index in [0.717, 1.165) is 55.0 Å². The standard InChI is InChI=1S/C20H27N5O2/c1-21-20(23-15-16-7-8-17(26-2)14-18(16)27-3)25-12-10-24(11-13-25)19-6-4-5-9-22-19/h4-9,14H,10-13,15H2,1-3H3,(H,21,23). The highest BCUT2D eigenvalue weighted by molar-refractivity contribution is 5.80. The topological polar surface area (TPSA) is 62.2 Å². The Hall–Kier alpha value is -2.96. The van der Waals surface area contributed by atoms with Gasteiger partial charge in [-0.25, -0.2) is 4.98 Å². The van der Waals surface area contributed by atoms with Gasteiger partial charge < -0.3 is 24.6 Å².